The van der Waals surface area contributed by atoms with Crippen LogP contribution in [0, 0.1) is 6.92 Å². The van der Waals surface area contributed by atoms with Gasteiger partial charge < -0.3 is 4.98 Å². The topological polar surface area (TPSA) is 76.5 Å². The van der Waals surface area contributed by atoms with E-state index >= 15 is 0 Å². The summed E-state index contributed by atoms with van der Waals surface area (Å²) in [7, 11) is 0. The maximum Gasteiger partial charge on any atom is 0.248 e. The third-order valence-corrected chi connectivity index (χ3v) is 4.23. The van der Waals surface area contributed by atoms with E-state index < -0.39 is 0 Å². The number of aromatic amines is 1. The lowest BCUT2D eigenvalue weighted by Gasteiger charge is -2.05. The van der Waals surface area contributed by atoms with Crippen molar-refractivity contribution in [1.29, 1.82) is 0 Å². The molecular weight excluding hydrogens is 338 g/mol. The quantitative estimate of drug-likeness (QED) is 0.595. The molecular formula is C21H19N5O. The van der Waals surface area contributed by atoms with E-state index in [-0.39, 0.29) is 5.56 Å². The number of aromatic nitrogens is 5. The van der Waals surface area contributed by atoms with Gasteiger partial charge in [0, 0.05) is 29.9 Å². The molecule has 0 amide bonds. The number of rotatable bonds is 5. The van der Waals surface area contributed by atoms with E-state index in [0.717, 1.165) is 23.5 Å². The zero-order chi connectivity index (χ0) is 18.6. The Hall–Kier alpha value is -3.54. The molecule has 0 radical (unpaired) electrons. The zero-order valence-electron chi connectivity index (χ0n) is 15.0. The number of pyridine rings is 2. The summed E-state index contributed by atoms with van der Waals surface area (Å²) in [6, 6.07) is 19.3. The van der Waals surface area contributed by atoms with E-state index in [1.165, 1.54) is 11.6 Å². The molecule has 0 aliphatic rings. The second-order valence-electron chi connectivity index (χ2n) is 6.35. The molecule has 27 heavy (non-hydrogen) atoms. The minimum Gasteiger partial charge on any atom is -0.326 e. The minimum absolute atomic E-state index is 0.161. The number of H-pyrrole nitrogens is 1. The number of nitrogens with one attached hydrogen (secondary N) is 1. The van der Waals surface area contributed by atoms with Gasteiger partial charge in [-0.05, 0) is 37.1 Å². The van der Waals surface area contributed by atoms with Crippen molar-refractivity contribution in [3.63, 3.8) is 0 Å². The van der Waals surface area contributed by atoms with Crippen molar-refractivity contribution in [3.8, 4) is 17.2 Å². The fourth-order valence-electron chi connectivity index (χ4n) is 3.00. The van der Waals surface area contributed by atoms with Crippen LogP contribution in [0.25, 0.3) is 17.2 Å². The van der Waals surface area contributed by atoms with Gasteiger partial charge in [-0.15, -0.1) is 5.10 Å². The lowest BCUT2D eigenvalue weighted by Crippen LogP contribution is -2.08. The molecule has 0 aliphatic heterocycles. The summed E-state index contributed by atoms with van der Waals surface area (Å²) < 4.78 is 1.70. The van der Waals surface area contributed by atoms with Crippen LogP contribution in [0.4, 0.5) is 0 Å². The van der Waals surface area contributed by atoms with Crippen LogP contribution in [-0.4, -0.2) is 24.7 Å². The summed E-state index contributed by atoms with van der Waals surface area (Å²) in [5, 5.41) is 4.66. The molecule has 0 spiro atoms. The summed E-state index contributed by atoms with van der Waals surface area (Å²) >= 11 is 0. The van der Waals surface area contributed by atoms with Crippen LogP contribution in [0.5, 0.6) is 0 Å². The Morgan fingerprint density at radius 2 is 1.81 bits per heavy atom. The molecule has 4 aromatic rings. The van der Waals surface area contributed by atoms with Crippen LogP contribution in [0.1, 0.15) is 17.1 Å². The molecule has 134 valence electrons. The maximum absolute atomic E-state index is 11.9. The second kappa shape index (κ2) is 7.37. The van der Waals surface area contributed by atoms with Crippen LogP contribution >= 0.6 is 0 Å². The lowest BCUT2D eigenvalue weighted by atomic mass is 10.1. The molecule has 0 saturated heterocycles. The molecule has 0 aliphatic carbocycles. The minimum atomic E-state index is -0.161. The highest BCUT2D eigenvalue weighted by Crippen LogP contribution is 2.20. The van der Waals surface area contributed by atoms with Gasteiger partial charge in [0.25, 0.3) is 0 Å². The van der Waals surface area contributed by atoms with Crippen LogP contribution in [-0.2, 0) is 12.8 Å². The largest absolute Gasteiger partial charge is 0.326 e. The average molecular weight is 357 g/mol. The zero-order valence-corrected chi connectivity index (χ0v) is 15.0. The molecule has 6 heteroatoms. The molecule has 3 aromatic heterocycles. The van der Waals surface area contributed by atoms with Gasteiger partial charge in [-0.2, -0.15) is 4.68 Å². The van der Waals surface area contributed by atoms with Crippen LogP contribution in [0.3, 0.4) is 0 Å². The Labute approximate surface area is 156 Å². The smallest absolute Gasteiger partial charge is 0.248 e. The molecule has 0 saturated carbocycles. The monoisotopic (exact) mass is 357 g/mol. The van der Waals surface area contributed by atoms with Gasteiger partial charge in [0.1, 0.15) is 0 Å². The molecule has 0 fully saturated rings. The molecule has 0 bridgehead atoms. The van der Waals surface area contributed by atoms with Gasteiger partial charge in [-0.1, -0.05) is 36.4 Å². The third kappa shape index (κ3) is 3.84. The summed E-state index contributed by atoms with van der Waals surface area (Å²) in [4.78, 5) is 23.8. The summed E-state index contributed by atoms with van der Waals surface area (Å²) in [5.41, 5.74) is 2.57. The molecule has 4 rings (SSSR count). The number of nitrogens with zero attached hydrogens (tertiary/aromatic N) is 4. The first-order valence-corrected chi connectivity index (χ1v) is 8.82. The standard InChI is InChI=1S/C21H19N5O/c1-15-13-17(14-20(27)23-15)21-24-18(11-10-16-7-3-2-4-8-16)25-26(21)19-9-5-6-12-22-19/h2-9,12-14H,10-11H2,1H3,(H,23,27). The Kier molecular flexibility index (Phi) is 4.61. The van der Waals surface area contributed by atoms with Crippen molar-refractivity contribution in [1.82, 2.24) is 24.7 Å². The van der Waals surface area contributed by atoms with E-state index in [9.17, 15) is 4.79 Å². The predicted octanol–water partition coefficient (Wildman–Crippen LogP) is 3.11. The molecule has 6 nitrogen and oxygen atoms in total. The van der Waals surface area contributed by atoms with Gasteiger partial charge in [0.05, 0.1) is 0 Å². The highest BCUT2D eigenvalue weighted by Gasteiger charge is 2.15. The molecule has 1 aromatic carbocycles. The summed E-state index contributed by atoms with van der Waals surface area (Å²) in [6.45, 7) is 1.85. The van der Waals surface area contributed by atoms with Gasteiger partial charge in [-0.3, -0.25) is 4.79 Å². The van der Waals surface area contributed by atoms with E-state index in [1.54, 1.807) is 10.9 Å². The van der Waals surface area contributed by atoms with Crippen molar-refractivity contribution in [2.45, 2.75) is 19.8 Å². The van der Waals surface area contributed by atoms with Crippen LogP contribution in [0.2, 0.25) is 0 Å². The van der Waals surface area contributed by atoms with Crippen molar-refractivity contribution in [3.05, 3.63) is 94.3 Å². The summed E-state index contributed by atoms with van der Waals surface area (Å²) in [6.07, 6.45) is 3.27. The maximum atomic E-state index is 11.9. The fraction of sp³-hybridized carbons (Fsp3) is 0.143. The SMILES string of the molecule is Cc1cc(-c2nc(CCc3ccccc3)nn2-c2ccccn2)cc(=O)[nH]1. The van der Waals surface area contributed by atoms with Crippen molar-refractivity contribution < 1.29 is 0 Å². The molecule has 0 atom stereocenters. The van der Waals surface area contributed by atoms with Crippen molar-refractivity contribution in [2.75, 3.05) is 0 Å². The molecule has 0 unspecified atom stereocenters. The van der Waals surface area contributed by atoms with Crippen molar-refractivity contribution in [2.24, 2.45) is 0 Å². The van der Waals surface area contributed by atoms with Gasteiger partial charge >= 0.3 is 0 Å². The Morgan fingerprint density at radius 1 is 1.00 bits per heavy atom. The van der Waals surface area contributed by atoms with Crippen molar-refractivity contribution >= 4 is 0 Å². The van der Waals surface area contributed by atoms with Gasteiger partial charge in [-0.25, -0.2) is 9.97 Å². The molecule has 1 N–H and O–H groups in total. The Bertz CT molecular complexity index is 1100. The normalized spacial score (nSPS) is 10.9. The molecule has 3 heterocycles. The lowest BCUT2D eigenvalue weighted by molar-refractivity contribution is 0.798. The van der Waals surface area contributed by atoms with Crippen LogP contribution in [0.15, 0.2) is 71.7 Å². The van der Waals surface area contributed by atoms with E-state index in [0.29, 0.717) is 18.1 Å². The number of hydrogen-bond acceptors (Lipinski definition) is 4. The van der Waals surface area contributed by atoms with E-state index in [1.807, 2.05) is 49.4 Å². The van der Waals surface area contributed by atoms with Gasteiger partial charge in [0.2, 0.25) is 5.56 Å². The van der Waals surface area contributed by atoms with Crippen LogP contribution < -0.4 is 5.56 Å². The fourth-order valence-corrected chi connectivity index (χ4v) is 3.00. The number of aryl methyl sites for hydroxylation is 3. The summed E-state index contributed by atoms with van der Waals surface area (Å²) in [5.74, 6) is 2.01. The highest BCUT2D eigenvalue weighted by atomic mass is 16.1. The second-order valence-corrected chi connectivity index (χ2v) is 6.35. The first kappa shape index (κ1) is 16.9. The number of benzene rings is 1. The van der Waals surface area contributed by atoms with E-state index in [2.05, 4.69) is 27.2 Å². The third-order valence-electron chi connectivity index (χ3n) is 4.23. The first-order valence-electron chi connectivity index (χ1n) is 8.82. The van der Waals surface area contributed by atoms with Gasteiger partial charge in [0.15, 0.2) is 17.5 Å². The number of hydrogen-bond donors (Lipinski definition) is 1. The highest BCUT2D eigenvalue weighted by molar-refractivity contribution is 5.57. The average Bonchev–Trinajstić information content (AvgIpc) is 3.12. The first-order chi connectivity index (χ1) is 13.2. The Balaban J connectivity index is 1.74. The predicted molar refractivity (Wildman–Crippen MR) is 104 cm³/mol. The Morgan fingerprint density at radius 3 is 2.56 bits per heavy atom. The van der Waals surface area contributed by atoms with E-state index in [4.69, 9.17) is 4.98 Å².